The molecule has 2 heterocycles. The molecule has 0 atom stereocenters. The Morgan fingerprint density at radius 3 is 2.53 bits per heavy atom. The van der Waals surface area contributed by atoms with Gasteiger partial charge in [0.25, 0.3) is 0 Å². The number of aromatic amines is 1. The highest BCUT2D eigenvalue weighted by Crippen LogP contribution is 2.19. The summed E-state index contributed by atoms with van der Waals surface area (Å²) in [6.07, 6.45) is 1.56. The average molecular weight is 203 g/mol. The zero-order valence-corrected chi connectivity index (χ0v) is 9.02. The first-order valence-corrected chi connectivity index (χ1v) is 4.71. The second-order valence-corrected chi connectivity index (χ2v) is 3.49. The Kier molecular flexibility index (Phi) is 2.37. The summed E-state index contributed by atoms with van der Waals surface area (Å²) in [4.78, 5) is 10.2. The third-order valence-electron chi connectivity index (χ3n) is 2.17. The summed E-state index contributed by atoms with van der Waals surface area (Å²) in [5.74, 6) is 1.69. The Morgan fingerprint density at radius 2 is 1.93 bits per heavy atom. The van der Waals surface area contributed by atoms with E-state index in [0.717, 1.165) is 23.0 Å². The van der Waals surface area contributed by atoms with Gasteiger partial charge in [-0.3, -0.25) is 5.10 Å². The molecule has 0 fully saturated rings. The monoisotopic (exact) mass is 203 g/mol. The number of aromatic nitrogens is 4. The lowest BCUT2D eigenvalue weighted by Crippen LogP contribution is -2.11. The zero-order chi connectivity index (χ0) is 10.8. The molecule has 0 spiro atoms. The normalized spacial score (nSPS) is 10.3. The van der Waals surface area contributed by atoms with E-state index in [9.17, 15) is 0 Å². The number of anilines is 2. The van der Waals surface area contributed by atoms with Crippen molar-refractivity contribution in [1.82, 2.24) is 20.2 Å². The molecular formula is C10H13N5. The van der Waals surface area contributed by atoms with Crippen LogP contribution in [0.25, 0.3) is 0 Å². The Hall–Kier alpha value is -1.91. The molecule has 0 saturated carbocycles. The van der Waals surface area contributed by atoms with E-state index in [2.05, 4.69) is 20.2 Å². The van der Waals surface area contributed by atoms with Crippen molar-refractivity contribution in [2.75, 3.05) is 11.9 Å². The third-order valence-corrected chi connectivity index (χ3v) is 2.17. The second kappa shape index (κ2) is 3.68. The topological polar surface area (TPSA) is 57.7 Å². The fourth-order valence-electron chi connectivity index (χ4n) is 1.32. The van der Waals surface area contributed by atoms with Crippen molar-refractivity contribution in [3.05, 3.63) is 29.8 Å². The summed E-state index contributed by atoms with van der Waals surface area (Å²) in [6, 6.07) is 3.89. The van der Waals surface area contributed by atoms with Crippen LogP contribution in [0.1, 0.15) is 11.4 Å². The van der Waals surface area contributed by atoms with Gasteiger partial charge in [0.15, 0.2) is 5.82 Å². The summed E-state index contributed by atoms with van der Waals surface area (Å²) < 4.78 is 0. The summed E-state index contributed by atoms with van der Waals surface area (Å²) in [5.41, 5.74) is 1.97. The molecule has 0 aliphatic rings. The third kappa shape index (κ3) is 1.96. The maximum atomic E-state index is 4.19. The van der Waals surface area contributed by atoms with Gasteiger partial charge < -0.3 is 4.90 Å². The minimum atomic E-state index is 0.842. The minimum Gasteiger partial charge on any atom is -0.313 e. The number of H-pyrrole nitrogens is 1. The van der Waals surface area contributed by atoms with E-state index < -0.39 is 0 Å². The summed E-state index contributed by atoms with van der Waals surface area (Å²) in [6.45, 7) is 3.91. The Morgan fingerprint density at radius 1 is 1.13 bits per heavy atom. The van der Waals surface area contributed by atoms with Crippen molar-refractivity contribution in [2.45, 2.75) is 13.8 Å². The molecule has 0 amide bonds. The zero-order valence-electron chi connectivity index (χ0n) is 9.02. The molecule has 0 bridgehead atoms. The van der Waals surface area contributed by atoms with Crippen molar-refractivity contribution in [3.8, 4) is 0 Å². The number of nitrogens with one attached hydrogen (secondary N) is 1. The molecule has 2 rings (SSSR count). The van der Waals surface area contributed by atoms with Gasteiger partial charge in [-0.25, -0.2) is 9.97 Å². The number of nitrogens with zero attached hydrogens (tertiary/aromatic N) is 4. The predicted molar refractivity (Wildman–Crippen MR) is 58.2 cm³/mol. The molecule has 2 aromatic heterocycles. The van der Waals surface area contributed by atoms with E-state index >= 15 is 0 Å². The smallest absolute Gasteiger partial charge is 0.155 e. The number of hydrogen-bond donors (Lipinski definition) is 1. The van der Waals surface area contributed by atoms with Gasteiger partial charge in [-0.05, 0) is 13.8 Å². The lowest BCUT2D eigenvalue weighted by molar-refractivity contribution is 0.989. The first kappa shape index (κ1) is 9.64. The van der Waals surface area contributed by atoms with Crippen molar-refractivity contribution >= 4 is 11.6 Å². The summed E-state index contributed by atoms with van der Waals surface area (Å²) in [7, 11) is 1.93. The van der Waals surface area contributed by atoms with Gasteiger partial charge in [0.2, 0.25) is 0 Å². The molecule has 0 aromatic carbocycles. The first-order valence-electron chi connectivity index (χ1n) is 4.71. The Bertz CT molecular complexity index is 462. The van der Waals surface area contributed by atoms with E-state index in [0.29, 0.717) is 0 Å². The molecule has 78 valence electrons. The van der Waals surface area contributed by atoms with Crippen molar-refractivity contribution in [3.63, 3.8) is 0 Å². The fourth-order valence-corrected chi connectivity index (χ4v) is 1.32. The molecule has 0 aliphatic heterocycles. The van der Waals surface area contributed by atoms with Gasteiger partial charge in [0, 0.05) is 30.6 Å². The highest BCUT2D eigenvalue weighted by molar-refractivity contribution is 5.54. The fraction of sp³-hybridized carbons (Fsp3) is 0.300. The van der Waals surface area contributed by atoms with Crippen LogP contribution in [0.3, 0.4) is 0 Å². The number of rotatable bonds is 2. The molecule has 15 heavy (non-hydrogen) atoms. The van der Waals surface area contributed by atoms with Gasteiger partial charge in [0.1, 0.15) is 12.1 Å². The maximum absolute atomic E-state index is 4.19. The van der Waals surface area contributed by atoms with Crippen LogP contribution in [0.15, 0.2) is 18.5 Å². The molecule has 0 aliphatic carbocycles. The van der Waals surface area contributed by atoms with Crippen LogP contribution in [0.4, 0.5) is 11.6 Å². The molecule has 1 N–H and O–H groups in total. The predicted octanol–water partition coefficient (Wildman–Crippen LogP) is 1.58. The molecule has 0 unspecified atom stereocenters. The Labute approximate surface area is 88.2 Å². The van der Waals surface area contributed by atoms with E-state index in [4.69, 9.17) is 0 Å². The summed E-state index contributed by atoms with van der Waals surface area (Å²) in [5, 5.41) is 7.06. The standard InChI is InChI=1S/C10H13N5/c1-7-4-9(12-6-11-7)15(3)10-5-8(2)13-14-10/h4-6H,1-3H3,(H,13,14). The van der Waals surface area contributed by atoms with Gasteiger partial charge in [-0.2, -0.15) is 5.10 Å². The SMILES string of the molecule is Cc1cc(N(C)c2cc(C)[nH]n2)ncn1. The van der Waals surface area contributed by atoms with Crippen LogP contribution < -0.4 is 4.90 Å². The van der Waals surface area contributed by atoms with E-state index in [1.807, 2.05) is 37.9 Å². The molecule has 2 aromatic rings. The lowest BCUT2D eigenvalue weighted by Gasteiger charge is -2.14. The van der Waals surface area contributed by atoms with Crippen molar-refractivity contribution in [2.24, 2.45) is 0 Å². The van der Waals surface area contributed by atoms with Gasteiger partial charge >= 0.3 is 0 Å². The quantitative estimate of drug-likeness (QED) is 0.805. The summed E-state index contributed by atoms with van der Waals surface area (Å²) >= 11 is 0. The Balaban J connectivity index is 2.32. The van der Waals surface area contributed by atoms with Gasteiger partial charge in [0.05, 0.1) is 0 Å². The van der Waals surface area contributed by atoms with Gasteiger partial charge in [-0.1, -0.05) is 0 Å². The van der Waals surface area contributed by atoms with Gasteiger partial charge in [-0.15, -0.1) is 0 Å². The average Bonchev–Trinajstić information content (AvgIpc) is 2.64. The van der Waals surface area contributed by atoms with Crippen LogP contribution >= 0.6 is 0 Å². The largest absolute Gasteiger partial charge is 0.313 e. The minimum absolute atomic E-state index is 0.842. The van der Waals surface area contributed by atoms with E-state index in [-0.39, 0.29) is 0 Å². The molecule has 0 saturated heterocycles. The maximum Gasteiger partial charge on any atom is 0.155 e. The van der Waals surface area contributed by atoms with Crippen molar-refractivity contribution < 1.29 is 0 Å². The molecule has 5 heteroatoms. The molecule has 5 nitrogen and oxygen atoms in total. The van der Waals surface area contributed by atoms with Crippen LogP contribution in [0.5, 0.6) is 0 Å². The van der Waals surface area contributed by atoms with E-state index in [1.165, 1.54) is 0 Å². The molecular weight excluding hydrogens is 190 g/mol. The molecule has 0 radical (unpaired) electrons. The lowest BCUT2D eigenvalue weighted by atomic mass is 10.4. The van der Waals surface area contributed by atoms with Crippen LogP contribution in [0, 0.1) is 13.8 Å². The van der Waals surface area contributed by atoms with Crippen LogP contribution in [-0.2, 0) is 0 Å². The number of hydrogen-bond acceptors (Lipinski definition) is 4. The number of aryl methyl sites for hydroxylation is 2. The van der Waals surface area contributed by atoms with Crippen LogP contribution in [0.2, 0.25) is 0 Å². The highest BCUT2D eigenvalue weighted by Gasteiger charge is 2.08. The highest BCUT2D eigenvalue weighted by atomic mass is 15.3. The van der Waals surface area contributed by atoms with E-state index in [1.54, 1.807) is 6.33 Å². The van der Waals surface area contributed by atoms with Crippen molar-refractivity contribution in [1.29, 1.82) is 0 Å². The second-order valence-electron chi connectivity index (χ2n) is 3.49. The van der Waals surface area contributed by atoms with Crippen LogP contribution in [-0.4, -0.2) is 27.2 Å². The first-order chi connectivity index (χ1) is 7.16.